The zero-order chi connectivity index (χ0) is 19.7. The van der Waals surface area contributed by atoms with E-state index in [4.69, 9.17) is 0 Å². The molecule has 7 heteroatoms. The van der Waals surface area contributed by atoms with Crippen LogP contribution in [0.2, 0.25) is 0 Å². The first-order valence-corrected chi connectivity index (χ1v) is 9.72. The first-order chi connectivity index (χ1) is 13.5. The van der Waals surface area contributed by atoms with Crippen molar-refractivity contribution < 1.29 is 8.78 Å². The average molecular weight is 386 g/mol. The molecule has 0 amide bonds. The maximum absolute atomic E-state index is 13.8. The number of piperidine rings is 1. The van der Waals surface area contributed by atoms with E-state index in [1.54, 1.807) is 6.07 Å². The predicted molar refractivity (Wildman–Crippen MR) is 103 cm³/mol. The highest BCUT2D eigenvalue weighted by atomic mass is 19.1. The topological polar surface area (TPSA) is 53.4 Å². The third-order valence-corrected chi connectivity index (χ3v) is 5.46. The second-order valence-electron chi connectivity index (χ2n) is 7.74. The third kappa shape index (κ3) is 4.14. The summed E-state index contributed by atoms with van der Waals surface area (Å²) < 4.78 is 28.3. The van der Waals surface area contributed by atoms with Gasteiger partial charge in [0, 0.05) is 37.0 Å². The van der Waals surface area contributed by atoms with Crippen molar-refractivity contribution in [2.45, 2.75) is 39.2 Å². The van der Waals surface area contributed by atoms with E-state index in [0.717, 1.165) is 49.8 Å². The molecule has 0 bridgehead atoms. The van der Waals surface area contributed by atoms with Crippen LogP contribution in [0.5, 0.6) is 0 Å². The van der Waals surface area contributed by atoms with Crippen molar-refractivity contribution in [3.63, 3.8) is 0 Å². The lowest BCUT2D eigenvalue weighted by Crippen LogP contribution is -2.35. The van der Waals surface area contributed by atoms with E-state index < -0.39 is 11.6 Å². The van der Waals surface area contributed by atoms with E-state index in [0.29, 0.717) is 30.1 Å². The van der Waals surface area contributed by atoms with Crippen LogP contribution in [0.1, 0.15) is 36.2 Å². The van der Waals surface area contributed by atoms with Crippen molar-refractivity contribution in [2.75, 3.05) is 13.1 Å². The summed E-state index contributed by atoms with van der Waals surface area (Å²) in [6.45, 7) is 4.40. The number of hydrogen-bond acceptors (Lipinski definition) is 3. The molecular weight excluding hydrogens is 362 g/mol. The van der Waals surface area contributed by atoms with E-state index in [2.05, 4.69) is 15.0 Å². The highest BCUT2D eigenvalue weighted by Crippen LogP contribution is 2.23. The molecule has 1 aliphatic rings. The normalized spacial score (nSPS) is 18.0. The van der Waals surface area contributed by atoms with Crippen LogP contribution in [0.3, 0.4) is 0 Å². The molecule has 0 spiro atoms. The van der Waals surface area contributed by atoms with Gasteiger partial charge >= 0.3 is 0 Å². The maximum atomic E-state index is 13.8. The molecule has 1 saturated heterocycles. The summed E-state index contributed by atoms with van der Waals surface area (Å²) in [4.78, 5) is 19.2. The van der Waals surface area contributed by atoms with E-state index in [1.165, 1.54) is 16.6 Å². The fraction of sp³-hybridized carbons (Fsp3) is 0.429. The molecule has 0 unspecified atom stereocenters. The minimum atomic E-state index is -0.539. The Morgan fingerprint density at radius 1 is 1.25 bits per heavy atom. The summed E-state index contributed by atoms with van der Waals surface area (Å²) in [6, 6.07) is 7.25. The number of aryl methyl sites for hydroxylation is 2. The molecule has 1 aliphatic heterocycles. The number of aromatic nitrogens is 3. The van der Waals surface area contributed by atoms with E-state index in [1.807, 2.05) is 13.0 Å². The number of nitrogens with one attached hydrogen (secondary N) is 1. The average Bonchev–Trinajstić information content (AvgIpc) is 3.02. The highest BCUT2D eigenvalue weighted by Gasteiger charge is 2.21. The van der Waals surface area contributed by atoms with Crippen LogP contribution in [0.4, 0.5) is 8.78 Å². The second-order valence-corrected chi connectivity index (χ2v) is 7.74. The maximum Gasteiger partial charge on any atom is 0.272 e. The lowest BCUT2D eigenvalue weighted by molar-refractivity contribution is 0.160. The quantitative estimate of drug-likeness (QED) is 0.731. The van der Waals surface area contributed by atoms with Gasteiger partial charge in [-0.2, -0.15) is 0 Å². The number of nitrogens with zero attached hydrogens (tertiary/aromatic N) is 3. The SMILES string of the molecule is Cc1cc2nc(CN3CCC[C@H](CCc4ccc(F)cc4F)C3)cc(=O)n2[nH]1. The van der Waals surface area contributed by atoms with E-state index >= 15 is 0 Å². The van der Waals surface area contributed by atoms with E-state index in [9.17, 15) is 13.6 Å². The molecule has 28 heavy (non-hydrogen) atoms. The monoisotopic (exact) mass is 386 g/mol. The smallest absolute Gasteiger partial charge is 0.272 e. The Labute approximate surface area is 162 Å². The summed E-state index contributed by atoms with van der Waals surface area (Å²) in [7, 11) is 0. The molecule has 1 N–H and O–H groups in total. The van der Waals surface area contributed by atoms with Gasteiger partial charge in [0.2, 0.25) is 0 Å². The summed E-state index contributed by atoms with van der Waals surface area (Å²) in [5, 5.41) is 2.98. The first-order valence-electron chi connectivity index (χ1n) is 9.72. The van der Waals surface area contributed by atoms with E-state index in [-0.39, 0.29) is 5.56 Å². The second kappa shape index (κ2) is 7.83. The van der Waals surface area contributed by atoms with Gasteiger partial charge in [-0.1, -0.05) is 6.07 Å². The van der Waals surface area contributed by atoms with Crippen LogP contribution in [-0.2, 0) is 13.0 Å². The Balaban J connectivity index is 1.39. The molecular formula is C21H24F2N4O. The van der Waals surface area contributed by atoms with Crippen LogP contribution in [0.15, 0.2) is 35.1 Å². The zero-order valence-corrected chi connectivity index (χ0v) is 15.9. The van der Waals surface area contributed by atoms with Gasteiger partial charge in [0.15, 0.2) is 5.65 Å². The number of rotatable bonds is 5. The molecule has 0 aliphatic carbocycles. The molecule has 3 aromatic rings. The molecule has 148 valence electrons. The summed E-state index contributed by atoms with van der Waals surface area (Å²) in [6.07, 6.45) is 3.65. The molecule has 5 nitrogen and oxygen atoms in total. The number of hydrogen-bond donors (Lipinski definition) is 1. The minimum Gasteiger partial charge on any atom is -0.297 e. The standard InChI is InChI=1S/C21H24F2N4O/c1-14-9-20-24-18(11-21(28)27(20)25-14)13-26-8-2-3-15(12-26)4-5-16-6-7-17(22)10-19(16)23/h6-7,9-11,15,25H,2-5,8,12-13H2,1H3/t15-/m1/s1. The molecule has 3 heterocycles. The van der Waals surface area contributed by atoms with Crippen molar-refractivity contribution >= 4 is 5.65 Å². The van der Waals surface area contributed by atoms with Crippen LogP contribution < -0.4 is 5.56 Å². The van der Waals surface area contributed by atoms with Crippen molar-refractivity contribution in [3.05, 3.63) is 69.3 Å². The van der Waals surface area contributed by atoms with Crippen LogP contribution in [0.25, 0.3) is 5.65 Å². The molecule has 0 radical (unpaired) electrons. The zero-order valence-electron chi connectivity index (χ0n) is 15.9. The summed E-state index contributed by atoms with van der Waals surface area (Å²) in [5.41, 5.74) is 2.78. The number of halogens is 2. The Bertz CT molecular complexity index is 1040. The first kappa shape index (κ1) is 18.8. The summed E-state index contributed by atoms with van der Waals surface area (Å²) in [5.74, 6) is -0.548. The van der Waals surface area contributed by atoms with Gasteiger partial charge < -0.3 is 0 Å². The molecule has 1 atom stereocenters. The van der Waals surface area contributed by atoms with Crippen molar-refractivity contribution in [1.29, 1.82) is 0 Å². The number of aromatic amines is 1. The van der Waals surface area contributed by atoms with Crippen molar-refractivity contribution in [3.8, 4) is 0 Å². The fourth-order valence-corrected chi connectivity index (χ4v) is 4.09. The largest absolute Gasteiger partial charge is 0.297 e. The Hall–Kier alpha value is -2.54. The van der Waals surface area contributed by atoms with Crippen LogP contribution in [-0.4, -0.2) is 32.6 Å². The lowest BCUT2D eigenvalue weighted by atomic mass is 9.91. The molecule has 1 fully saturated rings. The number of likely N-dealkylation sites (tertiary alicyclic amines) is 1. The molecule has 0 saturated carbocycles. The van der Waals surface area contributed by atoms with Gasteiger partial charge in [-0.05, 0) is 56.7 Å². The Morgan fingerprint density at radius 2 is 2.11 bits per heavy atom. The number of fused-ring (bicyclic) bond motifs is 1. The molecule has 4 rings (SSSR count). The molecule has 2 aromatic heterocycles. The minimum absolute atomic E-state index is 0.103. The van der Waals surface area contributed by atoms with Gasteiger partial charge in [0.05, 0.1) is 5.69 Å². The number of benzene rings is 1. The van der Waals surface area contributed by atoms with Crippen LogP contribution in [0, 0.1) is 24.5 Å². The van der Waals surface area contributed by atoms with Gasteiger partial charge in [-0.3, -0.25) is 14.8 Å². The van der Waals surface area contributed by atoms with Gasteiger partial charge in [0.25, 0.3) is 5.56 Å². The molecule has 1 aromatic carbocycles. The van der Waals surface area contributed by atoms with Gasteiger partial charge in [0.1, 0.15) is 11.6 Å². The van der Waals surface area contributed by atoms with Crippen molar-refractivity contribution in [2.24, 2.45) is 5.92 Å². The van der Waals surface area contributed by atoms with Gasteiger partial charge in [-0.25, -0.2) is 18.3 Å². The van der Waals surface area contributed by atoms with Crippen LogP contribution >= 0.6 is 0 Å². The highest BCUT2D eigenvalue weighted by molar-refractivity contribution is 5.39. The third-order valence-electron chi connectivity index (χ3n) is 5.46. The fourth-order valence-electron chi connectivity index (χ4n) is 4.09. The predicted octanol–water partition coefficient (Wildman–Crippen LogP) is 3.45. The van der Waals surface area contributed by atoms with Crippen molar-refractivity contribution in [1.82, 2.24) is 19.5 Å². The number of H-pyrrole nitrogens is 1. The van der Waals surface area contributed by atoms with Gasteiger partial charge in [-0.15, -0.1) is 0 Å². The Morgan fingerprint density at radius 3 is 2.93 bits per heavy atom. The Kier molecular flexibility index (Phi) is 5.26. The lowest BCUT2D eigenvalue weighted by Gasteiger charge is -2.32. The summed E-state index contributed by atoms with van der Waals surface area (Å²) >= 11 is 0.